The van der Waals surface area contributed by atoms with Crippen LogP contribution in [-0.4, -0.2) is 37.5 Å². The van der Waals surface area contributed by atoms with Gasteiger partial charge in [-0.1, -0.05) is 45.0 Å². The number of amides is 2. The number of fused-ring (bicyclic) bond motifs is 1. The number of urea groups is 1. The number of hydrogen-bond acceptors (Lipinski definition) is 4. The first-order valence-electron chi connectivity index (χ1n) is 10.7. The molecule has 0 saturated heterocycles. The summed E-state index contributed by atoms with van der Waals surface area (Å²) < 4.78 is 46.6. The number of carbonyl (C=O) groups excluding carboxylic acids is 1. The minimum atomic E-state index is -4.57. The normalized spacial score (nSPS) is 19.1. The summed E-state index contributed by atoms with van der Waals surface area (Å²) >= 11 is 0. The van der Waals surface area contributed by atoms with Gasteiger partial charge in [-0.15, -0.1) is 0 Å². The summed E-state index contributed by atoms with van der Waals surface area (Å²) in [6, 6.07) is 7.24. The molecule has 0 radical (unpaired) electrons. The zero-order valence-electron chi connectivity index (χ0n) is 19.3. The minimum absolute atomic E-state index is 0.0786. The first kappa shape index (κ1) is 24.9. The van der Waals surface area contributed by atoms with E-state index in [1.54, 1.807) is 12.1 Å². The molecule has 4 N–H and O–H groups in total. The van der Waals surface area contributed by atoms with E-state index in [0.717, 1.165) is 11.1 Å². The van der Waals surface area contributed by atoms with Crippen molar-refractivity contribution in [2.24, 2.45) is 0 Å². The maximum atomic E-state index is 13.7. The van der Waals surface area contributed by atoms with Crippen LogP contribution in [0, 0.1) is 0 Å². The molecular formula is C24H30F3N3O3. The summed E-state index contributed by atoms with van der Waals surface area (Å²) in [7, 11) is 2.49. The van der Waals surface area contributed by atoms with Crippen molar-refractivity contribution in [3.63, 3.8) is 0 Å². The zero-order valence-corrected chi connectivity index (χ0v) is 19.3. The van der Waals surface area contributed by atoms with Gasteiger partial charge in [-0.25, -0.2) is 4.79 Å². The number of benzene rings is 2. The van der Waals surface area contributed by atoms with Gasteiger partial charge in [0.05, 0.1) is 24.9 Å². The fraction of sp³-hybridized carbons (Fsp3) is 0.458. The molecule has 0 bridgehead atoms. The third kappa shape index (κ3) is 5.25. The number of anilines is 1. The van der Waals surface area contributed by atoms with Gasteiger partial charge in [0.1, 0.15) is 11.8 Å². The van der Waals surface area contributed by atoms with E-state index in [9.17, 15) is 23.1 Å². The molecular weight excluding hydrogens is 435 g/mol. The Kier molecular flexibility index (Phi) is 6.95. The molecule has 9 heteroatoms. The standard InChI is InChI=1S/C24H30F3N3O3/c1-23(2,3)14-11-16(21(28-4)24(25,26)27)20(33-5)18(12-14)30-22(32)29-17-10-13-8-6-7-9-15(13)19(17)31/h6-9,11-12,17,19,21,28,31H,10H2,1-5H3,(H2,29,30,32)/t17-,19+,21+/m1/s1. The molecule has 2 amide bonds. The van der Waals surface area contributed by atoms with Gasteiger partial charge in [-0.05, 0) is 47.7 Å². The third-order valence-corrected chi connectivity index (χ3v) is 5.87. The molecule has 0 spiro atoms. The molecule has 0 aromatic heterocycles. The van der Waals surface area contributed by atoms with Crippen LogP contribution in [0.4, 0.5) is 23.7 Å². The van der Waals surface area contributed by atoms with Gasteiger partial charge >= 0.3 is 12.2 Å². The Labute approximate surface area is 191 Å². The highest BCUT2D eigenvalue weighted by Crippen LogP contribution is 2.43. The molecule has 6 nitrogen and oxygen atoms in total. The second kappa shape index (κ2) is 9.23. The number of aliphatic hydroxyl groups excluding tert-OH is 1. The summed E-state index contributed by atoms with van der Waals surface area (Å²) in [4.78, 5) is 12.8. The molecule has 3 atom stereocenters. The minimum Gasteiger partial charge on any atom is -0.494 e. The zero-order chi connectivity index (χ0) is 24.6. The summed E-state index contributed by atoms with van der Waals surface area (Å²) in [5, 5.41) is 18.2. The van der Waals surface area contributed by atoms with Gasteiger partial charge in [0.2, 0.25) is 0 Å². The highest BCUT2D eigenvalue weighted by Gasteiger charge is 2.42. The fourth-order valence-corrected chi connectivity index (χ4v) is 4.15. The van der Waals surface area contributed by atoms with Crippen LogP contribution in [0.5, 0.6) is 5.75 Å². The third-order valence-electron chi connectivity index (χ3n) is 5.87. The first-order valence-corrected chi connectivity index (χ1v) is 10.7. The van der Waals surface area contributed by atoms with Crippen LogP contribution in [0.15, 0.2) is 36.4 Å². The van der Waals surface area contributed by atoms with Gasteiger partial charge in [0.15, 0.2) is 0 Å². The maximum Gasteiger partial charge on any atom is 0.408 e. The van der Waals surface area contributed by atoms with Crippen LogP contribution < -0.4 is 20.7 Å². The molecule has 0 aliphatic heterocycles. The molecule has 1 aliphatic carbocycles. The Morgan fingerprint density at radius 2 is 1.85 bits per heavy atom. The fourth-order valence-electron chi connectivity index (χ4n) is 4.15. The number of hydrogen-bond donors (Lipinski definition) is 4. The van der Waals surface area contributed by atoms with E-state index in [1.807, 2.05) is 39.0 Å². The van der Waals surface area contributed by atoms with E-state index >= 15 is 0 Å². The molecule has 2 aromatic carbocycles. The van der Waals surface area contributed by atoms with Crippen molar-refractivity contribution in [2.45, 2.75) is 57.0 Å². The lowest BCUT2D eigenvalue weighted by Crippen LogP contribution is -2.40. The average Bonchev–Trinajstić information content (AvgIpc) is 3.02. The van der Waals surface area contributed by atoms with Crippen molar-refractivity contribution < 1.29 is 27.8 Å². The lowest BCUT2D eigenvalue weighted by atomic mass is 9.84. The predicted octanol–water partition coefficient (Wildman–Crippen LogP) is 4.60. The molecule has 180 valence electrons. The number of rotatable bonds is 5. The molecule has 0 saturated carbocycles. The number of halogens is 3. The number of alkyl halides is 3. The Hall–Kier alpha value is -2.78. The van der Waals surface area contributed by atoms with E-state index < -0.39 is 35.8 Å². The molecule has 33 heavy (non-hydrogen) atoms. The van der Waals surface area contributed by atoms with Crippen LogP contribution in [0.1, 0.15) is 55.2 Å². The monoisotopic (exact) mass is 465 g/mol. The van der Waals surface area contributed by atoms with Crippen LogP contribution in [0.2, 0.25) is 0 Å². The summed E-state index contributed by atoms with van der Waals surface area (Å²) in [6.07, 6.45) is -4.99. The highest BCUT2D eigenvalue weighted by atomic mass is 19.4. The van der Waals surface area contributed by atoms with Crippen LogP contribution in [0.25, 0.3) is 0 Å². The van der Waals surface area contributed by atoms with E-state index in [1.165, 1.54) is 20.2 Å². The Morgan fingerprint density at radius 1 is 1.18 bits per heavy atom. The smallest absolute Gasteiger partial charge is 0.408 e. The largest absolute Gasteiger partial charge is 0.494 e. The van der Waals surface area contributed by atoms with E-state index in [4.69, 9.17) is 4.74 Å². The molecule has 0 unspecified atom stereocenters. The number of aliphatic hydroxyl groups is 1. The van der Waals surface area contributed by atoms with Crippen molar-refractivity contribution in [1.82, 2.24) is 10.6 Å². The van der Waals surface area contributed by atoms with Gasteiger partial charge in [0.25, 0.3) is 0 Å². The van der Waals surface area contributed by atoms with E-state index in [0.29, 0.717) is 12.0 Å². The van der Waals surface area contributed by atoms with Gasteiger partial charge in [-0.2, -0.15) is 13.2 Å². The quantitative estimate of drug-likeness (QED) is 0.520. The Bertz CT molecular complexity index is 1020. The topological polar surface area (TPSA) is 82.6 Å². The summed E-state index contributed by atoms with van der Waals surface area (Å²) in [5.74, 6) is -0.0786. The second-order valence-electron chi connectivity index (χ2n) is 9.21. The van der Waals surface area contributed by atoms with Gasteiger partial charge in [-0.3, -0.25) is 0 Å². The number of ether oxygens (including phenoxy) is 1. The molecule has 0 fully saturated rings. The lowest BCUT2D eigenvalue weighted by molar-refractivity contribution is -0.156. The van der Waals surface area contributed by atoms with Crippen LogP contribution >= 0.6 is 0 Å². The number of nitrogens with one attached hydrogen (secondary N) is 3. The number of methoxy groups -OCH3 is 1. The lowest BCUT2D eigenvalue weighted by Gasteiger charge is -2.28. The van der Waals surface area contributed by atoms with Crippen LogP contribution in [0.3, 0.4) is 0 Å². The SMILES string of the molecule is CN[C@@H](c1cc(C(C)(C)C)cc(NC(=O)N[C@@H]2Cc3ccccc3[C@@H]2O)c1OC)C(F)(F)F. The molecule has 1 aliphatic rings. The van der Waals surface area contributed by atoms with Crippen molar-refractivity contribution >= 4 is 11.7 Å². The Balaban J connectivity index is 1.93. The molecule has 2 aromatic rings. The van der Waals surface area contributed by atoms with Gasteiger partial charge < -0.3 is 25.8 Å². The Morgan fingerprint density at radius 3 is 2.39 bits per heavy atom. The van der Waals surface area contributed by atoms with Crippen molar-refractivity contribution in [2.75, 3.05) is 19.5 Å². The van der Waals surface area contributed by atoms with Crippen molar-refractivity contribution in [1.29, 1.82) is 0 Å². The predicted molar refractivity (Wildman–Crippen MR) is 121 cm³/mol. The van der Waals surface area contributed by atoms with Crippen molar-refractivity contribution in [3.05, 3.63) is 58.7 Å². The maximum absolute atomic E-state index is 13.7. The second-order valence-corrected chi connectivity index (χ2v) is 9.21. The van der Waals surface area contributed by atoms with E-state index in [-0.39, 0.29) is 17.0 Å². The highest BCUT2D eigenvalue weighted by molar-refractivity contribution is 5.92. The van der Waals surface area contributed by atoms with Crippen LogP contribution in [-0.2, 0) is 11.8 Å². The average molecular weight is 466 g/mol. The first-order chi connectivity index (χ1) is 15.4. The van der Waals surface area contributed by atoms with Crippen molar-refractivity contribution in [3.8, 4) is 5.75 Å². The summed E-state index contributed by atoms with van der Waals surface area (Å²) in [6.45, 7) is 5.61. The van der Waals surface area contributed by atoms with Gasteiger partial charge in [0, 0.05) is 5.56 Å². The summed E-state index contributed by atoms with van der Waals surface area (Å²) in [5.41, 5.74) is 1.80. The molecule has 3 rings (SSSR count). The van der Waals surface area contributed by atoms with E-state index in [2.05, 4.69) is 16.0 Å². The molecule has 0 heterocycles. The number of carbonyl (C=O) groups is 1.